The first-order valence-electron chi connectivity index (χ1n) is 5.86. The number of hydrogen-bond acceptors (Lipinski definition) is 6. The van der Waals surface area contributed by atoms with Crippen LogP contribution in [0.2, 0.25) is 0 Å². The zero-order chi connectivity index (χ0) is 16.4. The van der Waals surface area contributed by atoms with Crippen molar-refractivity contribution in [2.75, 3.05) is 6.26 Å². The van der Waals surface area contributed by atoms with Gasteiger partial charge in [0.15, 0.2) is 0 Å². The summed E-state index contributed by atoms with van der Waals surface area (Å²) < 4.78 is 40.2. The van der Waals surface area contributed by atoms with Crippen LogP contribution in [-0.2, 0) is 19.8 Å². The molecule has 0 radical (unpaired) electrons. The Hall–Kier alpha value is -2.33. The van der Waals surface area contributed by atoms with E-state index in [1.165, 1.54) is 12.3 Å². The number of hydrogen-bond donors (Lipinski definition) is 0. The summed E-state index contributed by atoms with van der Waals surface area (Å²) in [7, 11) is -7.47. The van der Waals surface area contributed by atoms with Crippen LogP contribution < -0.4 is 0 Å². The van der Waals surface area contributed by atoms with Gasteiger partial charge in [-0.2, -0.15) is 8.42 Å². The summed E-state index contributed by atoms with van der Waals surface area (Å²) in [4.78, 5) is 13.5. The number of sulfonamides is 1. The number of nitro groups is 1. The molecule has 0 aliphatic rings. The number of aromatic nitrogens is 1. The van der Waals surface area contributed by atoms with Gasteiger partial charge in [-0.05, 0) is 24.3 Å². The summed E-state index contributed by atoms with van der Waals surface area (Å²) in [5, 5.41) is 10.6. The minimum absolute atomic E-state index is 0.0421. The van der Waals surface area contributed by atoms with Gasteiger partial charge < -0.3 is 0 Å². The van der Waals surface area contributed by atoms with Crippen molar-refractivity contribution in [3.63, 3.8) is 0 Å². The predicted molar refractivity (Wildman–Crippen MR) is 79.3 cm³/mol. The molecule has 1 aromatic carbocycles. The van der Waals surface area contributed by atoms with Gasteiger partial charge in [-0.1, -0.05) is 6.07 Å². The highest BCUT2D eigenvalue weighted by atomic mass is 32.3. The summed E-state index contributed by atoms with van der Waals surface area (Å²) in [6, 6.07) is 8.76. The second kappa shape index (κ2) is 5.81. The smallest absolute Gasteiger partial charge is 0.258 e. The van der Waals surface area contributed by atoms with Crippen LogP contribution in [0.1, 0.15) is 0 Å². The van der Waals surface area contributed by atoms with E-state index in [9.17, 15) is 22.7 Å². The van der Waals surface area contributed by atoms with Crippen LogP contribution in [0.5, 0.6) is 0 Å². The van der Waals surface area contributed by atoms with E-state index in [-0.39, 0.29) is 15.6 Å². The molecule has 0 bridgehead atoms. The Morgan fingerprint density at radius 3 is 2.23 bits per heavy atom. The van der Waals surface area contributed by atoms with Gasteiger partial charge in [0.25, 0.3) is 15.7 Å². The van der Waals surface area contributed by atoms with E-state index in [1.807, 2.05) is 0 Å². The summed E-state index contributed by atoms with van der Waals surface area (Å²) >= 11 is 0. The van der Waals surface area contributed by atoms with Gasteiger partial charge in [0.05, 0.1) is 9.82 Å². The molecule has 2 rings (SSSR count). The van der Waals surface area contributed by atoms with E-state index in [0.29, 0.717) is 0 Å². The molecule has 1 heterocycles. The quantitative estimate of drug-likeness (QED) is 0.618. The number of nitrogens with zero attached hydrogens (tertiary/aromatic N) is 3. The van der Waals surface area contributed by atoms with E-state index in [1.54, 1.807) is 12.1 Å². The Kier molecular flexibility index (Phi) is 4.24. The zero-order valence-corrected chi connectivity index (χ0v) is 13.0. The number of non-ortho nitro benzene ring substituents is 1. The Balaban J connectivity index is 2.49. The van der Waals surface area contributed by atoms with Crippen molar-refractivity contribution in [1.82, 2.24) is 4.98 Å². The normalized spacial score (nSPS) is 14.0. The van der Waals surface area contributed by atoms with Gasteiger partial charge in [-0.25, -0.2) is 9.19 Å². The van der Waals surface area contributed by atoms with Crippen LogP contribution in [0.3, 0.4) is 0 Å². The Labute approximate surface area is 127 Å². The topological polar surface area (TPSA) is 120 Å². The molecule has 0 saturated carbocycles. The summed E-state index contributed by atoms with van der Waals surface area (Å²) in [6.07, 6.45) is 2.55. The van der Waals surface area contributed by atoms with Gasteiger partial charge in [0.1, 0.15) is 14.8 Å². The summed E-state index contributed by atoms with van der Waals surface area (Å²) in [5.74, 6) is 0. The van der Waals surface area contributed by atoms with Crippen molar-refractivity contribution in [1.29, 1.82) is 0 Å². The first-order valence-corrected chi connectivity index (χ1v) is 9.23. The van der Waals surface area contributed by atoms with Crippen molar-refractivity contribution in [3.05, 3.63) is 58.8 Å². The molecule has 0 fully saturated rings. The molecule has 8 nitrogen and oxygen atoms in total. The average molecular weight is 341 g/mol. The number of rotatable bonds is 4. The largest absolute Gasteiger partial charge is 0.290 e. The molecule has 1 unspecified atom stereocenters. The third kappa shape index (κ3) is 3.46. The summed E-state index contributed by atoms with van der Waals surface area (Å²) in [6.45, 7) is 0. The van der Waals surface area contributed by atoms with Gasteiger partial charge in [-0.15, -0.1) is 3.77 Å². The van der Waals surface area contributed by atoms with Gasteiger partial charge in [-0.3, -0.25) is 10.1 Å². The monoisotopic (exact) mass is 341 g/mol. The van der Waals surface area contributed by atoms with Gasteiger partial charge >= 0.3 is 0 Å². The molecular formula is C12H11N3O5S2. The molecule has 0 amide bonds. The summed E-state index contributed by atoms with van der Waals surface area (Å²) in [5.41, 5.74) is -0.249. The second-order valence-corrected chi connectivity index (χ2v) is 8.31. The molecule has 10 heteroatoms. The molecule has 0 spiro atoms. The van der Waals surface area contributed by atoms with E-state index >= 15 is 0 Å². The van der Waals surface area contributed by atoms with Gasteiger partial charge in [0.2, 0.25) is 0 Å². The molecule has 0 aliphatic carbocycles. The first kappa shape index (κ1) is 16.0. The fourth-order valence-corrected chi connectivity index (χ4v) is 4.79. The fourth-order valence-electron chi connectivity index (χ4n) is 1.58. The van der Waals surface area contributed by atoms with E-state index in [4.69, 9.17) is 0 Å². The fraction of sp³-hybridized carbons (Fsp3) is 0.0833. The third-order valence-corrected chi connectivity index (χ3v) is 6.42. The van der Waals surface area contributed by atoms with Crippen LogP contribution >= 0.6 is 0 Å². The Bertz CT molecular complexity index is 915. The SMILES string of the molecule is CS(=O)(=NS(=O)(=O)c1ccc([N+](=O)[O-])cc1)c1ccccn1. The van der Waals surface area contributed by atoms with Crippen molar-refractivity contribution in [2.45, 2.75) is 9.92 Å². The maximum absolute atomic E-state index is 12.4. The standard InChI is InChI=1S/C12H11N3O5S2/c1-21(18,12-4-2-3-9-13-12)14-22(19,20)11-7-5-10(6-8-11)15(16)17/h2-9H,1H3. The molecule has 2 aromatic rings. The van der Waals surface area contributed by atoms with Crippen LogP contribution in [0.4, 0.5) is 5.69 Å². The molecule has 116 valence electrons. The minimum Gasteiger partial charge on any atom is -0.258 e. The maximum Gasteiger partial charge on any atom is 0.290 e. The maximum atomic E-state index is 12.4. The van der Waals surface area contributed by atoms with Crippen LogP contribution in [-0.4, -0.2) is 28.8 Å². The third-order valence-electron chi connectivity index (χ3n) is 2.61. The lowest BCUT2D eigenvalue weighted by molar-refractivity contribution is -0.384. The first-order chi connectivity index (χ1) is 10.2. The number of pyridine rings is 1. The van der Waals surface area contributed by atoms with Gasteiger partial charge in [0, 0.05) is 24.6 Å². The average Bonchev–Trinajstić information content (AvgIpc) is 2.47. The molecule has 1 atom stereocenters. The Morgan fingerprint density at radius 1 is 1.09 bits per heavy atom. The van der Waals surface area contributed by atoms with Crippen molar-refractivity contribution < 1.29 is 17.6 Å². The Morgan fingerprint density at radius 2 is 1.73 bits per heavy atom. The number of nitro benzene ring substituents is 1. The highest BCUT2D eigenvalue weighted by Gasteiger charge is 2.19. The van der Waals surface area contributed by atoms with Crippen molar-refractivity contribution in [2.24, 2.45) is 3.77 Å². The number of benzene rings is 1. The highest BCUT2D eigenvalue weighted by Crippen LogP contribution is 2.20. The van der Waals surface area contributed by atoms with E-state index < -0.39 is 24.7 Å². The molecule has 0 saturated heterocycles. The minimum atomic E-state index is -4.22. The highest BCUT2D eigenvalue weighted by molar-refractivity contribution is 8.02. The molecular weight excluding hydrogens is 330 g/mol. The lowest BCUT2D eigenvalue weighted by Crippen LogP contribution is -2.06. The van der Waals surface area contributed by atoms with Crippen LogP contribution in [0.15, 0.2) is 62.4 Å². The van der Waals surface area contributed by atoms with Crippen LogP contribution in [0, 0.1) is 10.1 Å². The zero-order valence-electron chi connectivity index (χ0n) is 11.3. The molecule has 0 aliphatic heterocycles. The molecule has 1 aromatic heterocycles. The van der Waals surface area contributed by atoms with Crippen LogP contribution in [0.25, 0.3) is 0 Å². The van der Waals surface area contributed by atoms with E-state index in [2.05, 4.69) is 8.75 Å². The second-order valence-electron chi connectivity index (χ2n) is 4.27. The lowest BCUT2D eigenvalue weighted by Gasteiger charge is -2.04. The molecule has 22 heavy (non-hydrogen) atoms. The van der Waals surface area contributed by atoms with Crippen molar-refractivity contribution >= 4 is 25.4 Å². The van der Waals surface area contributed by atoms with E-state index in [0.717, 1.165) is 30.5 Å². The predicted octanol–water partition coefficient (Wildman–Crippen LogP) is 1.84. The van der Waals surface area contributed by atoms with Crippen molar-refractivity contribution in [3.8, 4) is 0 Å². The molecule has 0 N–H and O–H groups in total. The lowest BCUT2D eigenvalue weighted by atomic mass is 10.3.